The molecular weight excluding hydrogens is 324 g/mol. The van der Waals surface area contributed by atoms with Crippen molar-refractivity contribution in [2.45, 2.75) is 12.1 Å². The van der Waals surface area contributed by atoms with E-state index in [1.54, 1.807) is 18.4 Å². The summed E-state index contributed by atoms with van der Waals surface area (Å²) in [5, 5.41) is 5.22. The van der Waals surface area contributed by atoms with Crippen molar-refractivity contribution in [2.24, 2.45) is 7.05 Å². The standard InChI is InChI=1S/C14H12N2O2S3/c1-8(17)6-21-14-15-12-11(13(18)16(14)2)9(7-20-12)10-4-3-5-19-10/h3-5,7H,6H2,1-2H3. The van der Waals surface area contributed by atoms with Crippen molar-refractivity contribution in [3.05, 3.63) is 33.2 Å². The monoisotopic (exact) mass is 336 g/mol. The minimum atomic E-state index is -0.0595. The van der Waals surface area contributed by atoms with Crippen LogP contribution in [0.5, 0.6) is 0 Å². The number of carbonyl (C=O) groups is 1. The van der Waals surface area contributed by atoms with Crippen LogP contribution in [-0.2, 0) is 11.8 Å². The van der Waals surface area contributed by atoms with E-state index in [1.807, 2.05) is 22.9 Å². The number of thiophene rings is 2. The molecule has 0 aliphatic heterocycles. The van der Waals surface area contributed by atoms with Crippen molar-refractivity contribution in [2.75, 3.05) is 5.75 Å². The number of hydrogen-bond acceptors (Lipinski definition) is 6. The van der Waals surface area contributed by atoms with Crippen LogP contribution in [0.25, 0.3) is 20.7 Å². The van der Waals surface area contributed by atoms with Crippen molar-refractivity contribution in [3.63, 3.8) is 0 Å². The molecular formula is C14H12N2O2S3. The van der Waals surface area contributed by atoms with Crippen LogP contribution in [0.2, 0.25) is 0 Å². The Morgan fingerprint density at radius 3 is 2.90 bits per heavy atom. The zero-order valence-corrected chi connectivity index (χ0v) is 13.9. The molecule has 0 aliphatic carbocycles. The second-order valence-corrected chi connectivity index (χ2v) is 7.30. The summed E-state index contributed by atoms with van der Waals surface area (Å²) >= 11 is 4.38. The van der Waals surface area contributed by atoms with Gasteiger partial charge in [0.1, 0.15) is 10.6 Å². The van der Waals surface area contributed by atoms with Crippen LogP contribution in [0.3, 0.4) is 0 Å². The van der Waals surface area contributed by atoms with Crippen LogP contribution >= 0.6 is 34.4 Å². The molecule has 0 aromatic carbocycles. The summed E-state index contributed by atoms with van der Waals surface area (Å²) in [6.07, 6.45) is 0. The normalized spacial score (nSPS) is 11.1. The van der Waals surface area contributed by atoms with Crippen molar-refractivity contribution >= 4 is 50.4 Å². The fourth-order valence-electron chi connectivity index (χ4n) is 1.96. The first-order valence-corrected chi connectivity index (χ1v) is 8.96. The zero-order chi connectivity index (χ0) is 15.0. The molecule has 4 nitrogen and oxygen atoms in total. The Bertz CT molecular complexity index is 862. The summed E-state index contributed by atoms with van der Waals surface area (Å²) in [7, 11) is 1.70. The number of fused-ring (bicyclic) bond motifs is 1. The van der Waals surface area contributed by atoms with E-state index < -0.39 is 0 Å². The largest absolute Gasteiger partial charge is 0.299 e. The Labute approximate surface area is 133 Å². The van der Waals surface area contributed by atoms with Gasteiger partial charge in [-0.2, -0.15) is 0 Å². The molecule has 0 unspecified atom stereocenters. The predicted molar refractivity (Wildman–Crippen MR) is 89.6 cm³/mol. The van der Waals surface area contributed by atoms with E-state index in [9.17, 15) is 9.59 Å². The number of carbonyl (C=O) groups excluding carboxylic acids is 1. The lowest BCUT2D eigenvalue weighted by atomic mass is 10.2. The quantitative estimate of drug-likeness (QED) is 0.541. The van der Waals surface area contributed by atoms with Gasteiger partial charge in [0, 0.05) is 22.9 Å². The number of rotatable bonds is 4. The smallest absolute Gasteiger partial charge is 0.263 e. The fraction of sp³-hybridized carbons (Fsp3) is 0.214. The maximum atomic E-state index is 12.6. The molecule has 0 saturated heterocycles. The summed E-state index contributed by atoms with van der Waals surface area (Å²) in [4.78, 5) is 30.0. The highest BCUT2D eigenvalue weighted by Gasteiger charge is 2.16. The summed E-state index contributed by atoms with van der Waals surface area (Å²) in [6.45, 7) is 1.53. The number of thioether (sulfide) groups is 1. The highest BCUT2D eigenvalue weighted by Crippen LogP contribution is 2.34. The summed E-state index contributed by atoms with van der Waals surface area (Å²) in [5.74, 6) is 0.398. The van der Waals surface area contributed by atoms with Crippen molar-refractivity contribution in [1.82, 2.24) is 9.55 Å². The number of nitrogens with zero attached hydrogens (tertiary/aromatic N) is 2. The molecule has 3 aromatic rings. The molecule has 7 heteroatoms. The lowest BCUT2D eigenvalue weighted by Gasteiger charge is -2.06. The molecule has 0 bridgehead atoms. The van der Waals surface area contributed by atoms with Gasteiger partial charge in [0.2, 0.25) is 0 Å². The molecule has 0 radical (unpaired) electrons. The maximum Gasteiger partial charge on any atom is 0.263 e. The van der Waals surface area contributed by atoms with Gasteiger partial charge in [-0.3, -0.25) is 14.2 Å². The van der Waals surface area contributed by atoms with Crippen LogP contribution in [0.4, 0.5) is 0 Å². The van der Waals surface area contributed by atoms with Crippen LogP contribution in [0.15, 0.2) is 32.8 Å². The molecule has 108 valence electrons. The third-order valence-electron chi connectivity index (χ3n) is 2.97. The van der Waals surface area contributed by atoms with E-state index in [-0.39, 0.29) is 11.3 Å². The Balaban J connectivity index is 2.15. The van der Waals surface area contributed by atoms with Gasteiger partial charge in [-0.15, -0.1) is 22.7 Å². The summed E-state index contributed by atoms with van der Waals surface area (Å²) < 4.78 is 1.53. The van der Waals surface area contributed by atoms with E-state index in [1.165, 1.54) is 34.6 Å². The number of hydrogen-bond donors (Lipinski definition) is 0. The maximum absolute atomic E-state index is 12.6. The van der Waals surface area contributed by atoms with Gasteiger partial charge in [-0.25, -0.2) is 4.98 Å². The van der Waals surface area contributed by atoms with Crippen LogP contribution in [0, 0.1) is 0 Å². The first kappa shape index (κ1) is 14.5. The van der Waals surface area contributed by atoms with Crippen molar-refractivity contribution < 1.29 is 4.79 Å². The molecule has 3 aromatic heterocycles. The summed E-state index contributed by atoms with van der Waals surface area (Å²) in [6, 6.07) is 3.97. The lowest BCUT2D eigenvalue weighted by Crippen LogP contribution is -2.20. The van der Waals surface area contributed by atoms with Gasteiger partial charge in [0.25, 0.3) is 5.56 Å². The van der Waals surface area contributed by atoms with Gasteiger partial charge in [-0.1, -0.05) is 17.8 Å². The van der Waals surface area contributed by atoms with Gasteiger partial charge >= 0.3 is 0 Å². The average Bonchev–Trinajstić information content (AvgIpc) is 3.09. The van der Waals surface area contributed by atoms with Gasteiger partial charge < -0.3 is 0 Å². The third kappa shape index (κ3) is 2.68. The topological polar surface area (TPSA) is 52.0 Å². The van der Waals surface area contributed by atoms with Crippen molar-refractivity contribution in [3.8, 4) is 10.4 Å². The first-order valence-electron chi connectivity index (χ1n) is 6.22. The number of ketones is 1. The molecule has 0 aliphatic rings. The molecule has 0 spiro atoms. The highest BCUT2D eigenvalue weighted by molar-refractivity contribution is 7.99. The van der Waals surface area contributed by atoms with Gasteiger partial charge in [-0.05, 0) is 18.4 Å². The SMILES string of the molecule is CC(=O)CSc1nc2scc(-c3cccs3)c2c(=O)n1C. The molecule has 0 fully saturated rings. The van der Waals surface area contributed by atoms with Gasteiger partial charge in [0.05, 0.1) is 11.1 Å². The Hall–Kier alpha value is -1.44. The van der Waals surface area contributed by atoms with E-state index in [4.69, 9.17) is 0 Å². The number of Topliss-reactive ketones (excluding diaryl/α,β-unsaturated/α-hetero) is 1. The Morgan fingerprint density at radius 2 is 2.24 bits per heavy atom. The number of aromatic nitrogens is 2. The van der Waals surface area contributed by atoms with Crippen LogP contribution in [0.1, 0.15) is 6.92 Å². The van der Waals surface area contributed by atoms with Gasteiger partial charge in [0.15, 0.2) is 5.16 Å². The zero-order valence-electron chi connectivity index (χ0n) is 11.5. The Kier molecular flexibility index (Phi) is 3.97. The summed E-state index contributed by atoms with van der Waals surface area (Å²) in [5.41, 5.74) is 0.886. The lowest BCUT2D eigenvalue weighted by molar-refractivity contribution is -0.114. The van der Waals surface area contributed by atoms with E-state index in [0.717, 1.165) is 15.3 Å². The molecule has 0 saturated carbocycles. The van der Waals surface area contributed by atoms with Crippen LogP contribution in [-0.4, -0.2) is 21.1 Å². The second kappa shape index (κ2) is 5.75. The minimum Gasteiger partial charge on any atom is -0.299 e. The second-order valence-electron chi connectivity index (χ2n) is 4.56. The van der Waals surface area contributed by atoms with Crippen LogP contribution < -0.4 is 5.56 Å². The third-order valence-corrected chi connectivity index (χ3v) is 5.91. The Morgan fingerprint density at radius 1 is 1.43 bits per heavy atom. The molecule has 21 heavy (non-hydrogen) atoms. The first-order chi connectivity index (χ1) is 10.1. The molecule has 0 amide bonds. The minimum absolute atomic E-state index is 0.0595. The van der Waals surface area contributed by atoms with E-state index in [0.29, 0.717) is 16.3 Å². The molecule has 0 atom stereocenters. The van der Waals surface area contributed by atoms with Crippen molar-refractivity contribution in [1.29, 1.82) is 0 Å². The fourth-order valence-corrected chi connectivity index (χ4v) is 4.54. The van der Waals surface area contributed by atoms with E-state index >= 15 is 0 Å². The predicted octanol–water partition coefficient (Wildman–Crippen LogP) is 3.40. The highest BCUT2D eigenvalue weighted by atomic mass is 32.2. The molecule has 0 N–H and O–H groups in total. The van der Waals surface area contributed by atoms with E-state index in [2.05, 4.69) is 4.98 Å². The molecule has 3 heterocycles. The molecule has 3 rings (SSSR count). The average molecular weight is 336 g/mol.